The second kappa shape index (κ2) is 8.28. The van der Waals surface area contributed by atoms with E-state index < -0.39 is 23.0 Å². The number of fused-ring (bicyclic) bond motifs is 1. The fourth-order valence-corrected chi connectivity index (χ4v) is 4.26. The Hall–Kier alpha value is -2.97. The number of rotatable bonds is 4. The first-order chi connectivity index (χ1) is 14.7. The van der Waals surface area contributed by atoms with Crippen molar-refractivity contribution in [3.05, 3.63) is 104 Å². The Balaban J connectivity index is 1.81. The van der Waals surface area contributed by atoms with Crippen LogP contribution >= 0.6 is 23.4 Å². The summed E-state index contributed by atoms with van der Waals surface area (Å²) in [6.07, 6.45) is -4.60. The quantitative estimate of drug-likeness (QED) is 0.432. The molecule has 0 bridgehead atoms. The highest BCUT2D eigenvalue weighted by Crippen LogP contribution is 2.32. The molecule has 158 valence electrons. The van der Waals surface area contributed by atoms with Crippen molar-refractivity contribution in [2.75, 3.05) is 0 Å². The van der Waals surface area contributed by atoms with E-state index in [1.165, 1.54) is 11.8 Å². The van der Waals surface area contributed by atoms with Crippen LogP contribution < -0.4 is 11.2 Å². The van der Waals surface area contributed by atoms with Gasteiger partial charge >= 0.3 is 11.9 Å². The van der Waals surface area contributed by atoms with Crippen LogP contribution in [0.25, 0.3) is 10.9 Å². The lowest BCUT2D eigenvalue weighted by atomic mass is 10.1. The van der Waals surface area contributed by atoms with E-state index in [-0.39, 0.29) is 17.4 Å². The topological polar surface area (TPSA) is 54.9 Å². The van der Waals surface area contributed by atoms with Gasteiger partial charge in [-0.3, -0.25) is 9.36 Å². The van der Waals surface area contributed by atoms with Crippen LogP contribution in [0.5, 0.6) is 0 Å². The molecular formula is C22H14ClF3N2O2S. The van der Waals surface area contributed by atoms with Crippen molar-refractivity contribution in [3.63, 3.8) is 0 Å². The molecule has 0 aliphatic heterocycles. The summed E-state index contributed by atoms with van der Waals surface area (Å²) in [6.45, 7) is -0.143. The molecule has 4 rings (SSSR count). The molecule has 0 saturated carbocycles. The van der Waals surface area contributed by atoms with Crippen LogP contribution in [0, 0.1) is 0 Å². The van der Waals surface area contributed by atoms with Crippen molar-refractivity contribution in [1.29, 1.82) is 0 Å². The predicted molar refractivity (Wildman–Crippen MR) is 115 cm³/mol. The SMILES string of the molecule is O=c1[nH]c2ccc(C(F)(F)F)cc2c(=O)n1Cc1cc(Cl)ccc1Sc1ccccc1. The number of halogens is 4. The molecule has 0 saturated heterocycles. The van der Waals surface area contributed by atoms with E-state index >= 15 is 0 Å². The average molecular weight is 463 g/mol. The second-order valence-electron chi connectivity index (χ2n) is 6.75. The first-order valence-corrected chi connectivity index (χ1v) is 10.3. The normalized spacial score (nSPS) is 11.7. The maximum atomic E-state index is 13.1. The van der Waals surface area contributed by atoms with Gasteiger partial charge < -0.3 is 4.98 Å². The van der Waals surface area contributed by atoms with Crippen LogP contribution in [0.2, 0.25) is 5.02 Å². The van der Waals surface area contributed by atoms with E-state index in [0.717, 1.165) is 32.6 Å². The second-order valence-corrected chi connectivity index (χ2v) is 8.30. The number of hydrogen-bond donors (Lipinski definition) is 1. The summed E-state index contributed by atoms with van der Waals surface area (Å²) in [5, 5.41) is 0.200. The van der Waals surface area contributed by atoms with Crippen LogP contribution in [0.15, 0.2) is 86.1 Å². The van der Waals surface area contributed by atoms with Crippen LogP contribution in [-0.2, 0) is 12.7 Å². The van der Waals surface area contributed by atoms with E-state index in [9.17, 15) is 22.8 Å². The summed E-state index contributed by atoms with van der Waals surface area (Å²) in [7, 11) is 0. The van der Waals surface area contributed by atoms with Gasteiger partial charge in [0.15, 0.2) is 0 Å². The van der Waals surface area contributed by atoms with Crippen LogP contribution in [-0.4, -0.2) is 9.55 Å². The number of H-pyrrole nitrogens is 1. The molecule has 31 heavy (non-hydrogen) atoms. The van der Waals surface area contributed by atoms with Gasteiger partial charge in [-0.25, -0.2) is 4.79 Å². The molecule has 0 aliphatic rings. The fourth-order valence-electron chi connectivity index (χ4n) is 3.13. The maximum absolute atomic E-state index is 13.1. The molecular weight excluding hydrogens is 449 g/mol. The largest absolute Gasteiger partial charge is 0.416 e. The monoisotopic (exact) mass is 462 g/mol. The number of aromatic nitrogens is 2. The average Bonchev–Trinajstić information content (AvgIpc) is 2.72. The minimum absolute atomic E-state index is 0.0456. The zero-order valence-corrected chi connectivity index (χ0v) is 17.3. The van der Waals surface area contributed by atoms with Gasteiger partial charge in [0, 0.05) is 14.8 Å². The van der Waals surface area contributed by atoms with Gasteiger partial charge in [-0.2, -0.15) is 13.2 Å². The number of hydrogen-bond acceptors (Lipinski definition) is 3. The third-order valence-electron chi connectivity index (χ3n) is 4.63. The Morgan fingerprint density at radius 1 is 0.968 bits per heavy atom. The molecule has 0 amide bonds. The molecule has 4 aromatic rings. The van der Waals surface area contributed by atoms with Crippen molar-refractivity contribution in [3.8, 4) is 0 Å². The molecule has 0 fully saturated rings. The van der Waals surface area contributed by atoms with Crippen molar-refractivity contribution in [1.82, 2.24) is 9.55 Å². The van der Waals surface area contributed by atoms with Crippen molar-refractivity contribution >= 4 is 34.3 Å². The summed E-state index contributed by atoms with van der Waals surface area (Å²) < 4.78 is 40.1. The number of nitrogens with one attached hydrogen (secondary N) is 1. The highest BCUT2D eigenvalue weighted by atomic mass is 35.5. The molecule has 1 aromatic heterocycles. The third-order valence-corrected chi connectivity index (χ3v) is 5.99. The smallest absolute Gasteiger partial charge is 0.307 e. The van der Waals surface area contributed by atoms with E-state index in [1.54, 1.807) is 18.2 Å². The minimum atomic E-state index is -4.60. The lowest BCUT2D eigenvalue weighted by molar-refractivity contribution is -0.137. The van der Waals surface area contributed by atoms with Crippen molar-refractivity contribution in [2.24, 2.45) is 0 Å². The van der Waals surface area contributed by atoms with Crippen molar-refractivity contribution in [2.45, 2.75) is 22.5 Å². The lowest BCUT2D eigenvalue weighted by Gasteiger charge is -2.13. The first-order valence-electron chi connectivity index (χ1n) is 9.08. The van der Waals surface area contributed by atoms with Crippen LogP contribution in [0.1, 0.15) is 11.1 Å². The summed E-state index contributed by atoms with van der Waals surface area (Å²) in [6, 6.07) is 17.2. The molecule has 4 nitrogen and oxygen atoms in total. The molecule has 9 heteroatoms. The first kappa shape index (κ1) is 21.3. The fraction of sp³-hybridized carbons (Fsp3) is 0.0909. The Morgan fingerprint density at radius 2 is 1.71 bits per heavy atom. The van der Waals surface area contributed by atoms with Gasteiger partial charge in [0.2, 0.25) is 0 Å². The van der Waals surface area contributed by atoms with Crippen molar-refractivity contribution < 1.29 is 13.2 Å². The number of benzene rings is 3. The predicted octanol–water partition coefficient (Wildman–Crippen LogP) is 5.56. The molecule has 0 aliphatic carbocycles. The number of nitrogens with zero attached hydrogens (tertiary/aromatic N) is 1. The highest BCUT2D eigenvalue weighted by Gasteiger charge is 2.31. The lowest BCUT2D eigenvalue weighted by Crippen LogP contribution is -2.35. The Bertz CT molecular complexity index is 1380. The molecule has 0 radical (unpaired) electrons. The van der Waals surface area contributed by atoms with Gasteiger partial charge in [-0.15, -0.1) is 0 Å². The Kier molecular flexibility index (Phi) is 5.68. The maximum Gasteiger partial charge on any atom is 0.416 e. The van der Waals surface area contributed by atoms with Gasteiger partial charge in [0.25, 0.3) is 5.56 Å². The molecule has 0 spiro atoms. The van der Waals surface area contributed by atoms with E-state index in [4.69, 9.17) is 11.6 Å². The molecule has 3 aromatic carbocycles. The number of alkyl halides is 3. The molecule has 1 heterocycles. The Labute approximate surface area is 183 Å². The molecule has 1 N–H and O–H groups in total. The Morgan fingerprint density at radius 3 is 2.42 bits per heavy atom. The summed E-state index contributed by atoms with van der Waals surface area (Å²) in [5.74, 6) is 0. The standard InChI is InChI=1S/C22H14ClF3N2O2S/c23-15-7-9-19(31-16-4-2-1-3-5-16)13(10-15)12-28-20(29)17-11-14(22(24,25)26)6-8-18(17)27-21(28)30/h1-11H,12H2,(H,27,30). The minimum Gasteiger partial charge on any atom is -0.307 e. The summed E-state index contributed by atoms with van der Waals surface area (Å²) in [4.78, 5) is 29.7. The summed E-state index contributed by atoms with van der Waals surface area (Å²) in [5.41, 5.74) is -1.84. The van der Waals surface area contributed by atoms with E-state index in [1.807, 2.05) is 30.3 Å². The number of aromatic amines is 1. The van der Waals surface area contributed by atoms with E-state index in [2.05, 4.69) is 4.98 Å². The zero-order chi connectivity index (χ0) is 22.2. The van der Waals surface area contributed by atoms with Crippen LogP contribution in [0.3, 0.4) is 0 Å². The van der Waals surface area contributed by atoms with E-state index in [0.29, 0.717) is 10.6 Å². The highest BCUT2D eigenvalue weighted by molar-refractivity contribution is 7.99. The van der Waals surface area contributed by atoms with Gasteiger partial charge in [-0.1, -0.05) is 41.6 Å². The molecule has 0 atom stereocenters. The van der Waals surface area contributed by atoms with Crippen LogP contribution in [0.4, 0.5) is 13.2 Å². The molecule has 0 unspecified atom stereocenters. The zero-order valence-electron chi connectivity index (χ0n) is 15.7. The third kappa shape index (κ3) is 4.55. The van der Waals surface area contributed by atoms with Gasteiger partial charge in [0.1, 0.15) is 0 Å². The van der Waals surface area contributed by atoms with Gasteiger partial charge in [-0.05, 0) is 54.1 Å². The van der Waals surface area contributed by atoms with Gasteiger partial charge in [0.05, 0.1) is 23.0 Å². The summed E-state index contributed by atoms with van der Waals surface area (Å²) >= 11 is 7.55.